The van der Waals surface area contributed by atoms with Gasteiger partial charge in [-0.15, -0.1) is 0 Å². The Bertz CT molecular complexity index is 1090. The summed E-state index contributed by atoms with van der Waals surface area (Å²) in [5.41, 5.74) is 3.63. The van der Waals surface area contributed by atoms with Crippen molar-refractivity contribution in [3.05, 3.63) is 59.2 Å². The minimum atomic E-state index is -3.56. The first kappa shape index (κ1) is 21.7. The van der Waals surface area contributed by atoms with Gasteiger partial charge in [0, 0.05) is 37.2 Å². The molecule has 0 atom stereocenters. The van der Waals surface area contributed by atoms with Crippen LogP contribution in [0.25, 0.3) is 0 Å². The SMILES string of the molecule is O=C(CCC(=O)c1ccc2c(c1)CCC2)Nc1cccc(S(=O)(=O)N2CCCCC2)c1. The van der Waals surface area contributed by atoms with Crippen LogP contribution in [0.2, 0.25) is 0 Å². The van der Waals surface area contributed by atoms with Crippen LogP contribution in [-0.4, -0.2) is 37.5 Å². The molecule has 0 aromatic heterocycles. The second kappa shape index (κ2) is 9.32. The van der Waals surface area contributed by atoms with Crippen molar-refractivity contribution >= 4 is 27.4 Å². The fourth-order valence-electron chi connectivity index (χ4n) is 4.33. The molecule has 7 heteroatoms. The predicted octanol–water partition coefficient (Wildman–Crippen LogP) is 3.95. The number of ketones is 1. The van der Waals surface area contributed by atoms with Crippen LogP contribution in [0.4, 0.5) is 5.69 Å². The van der Waals surface area contributed by atoms with Gasteiger partial charge in [-0.3, -0.25) is 9.59 Å². The normalized spacial score (nSPS) is 16.6. The summed E-state index contributed by atoms with van der Waals surface area (Å²) in [6.45, 7) is 1.06. The average Bonchev–Trinajstić information content (AvgIpc) is 3.26. The van der Waals surface area contributed by atoms with Crippen LogP contribution in [0, 0.1) is 0 Å². The molecular weight excluding hydrogens is 412 g/mol. The average molecular weight is 441 g/mol. The van der Waals surface area contributed by atoms with Crippen molar-refractivity contribution in [1.82, 2.24) is 4.31 Å². The van der Waals surface area contributed by atoms with E-state index in [1.165, 1.54) is 21.5 Å². The number of sulfonamides is 1. The smallest absolute Gasteiger partial charge is 0.243 e. The molecule has 0 radical (unpaired) electrons. The van der Waals surface area contributed by atoms with Gasteiger partial charge in [0.15, 0.2) is 5.78 Å². The van der Waals surface area contributed by atoms with Gasteiger partial charge in [-0.1, -0.05) is 24.6 Å². The lowest BCUT2D eigenvalue weighted by atomic mass is 10.0. The molecule has 0 unspecified atom stereocenters. The van der Waals surface area contributed by atoms with Crippen molar-refractivity contribution in [1.29, 1.82) is 0 Å². The molecule has 2 aromatic rings. The lowest BCUT2D eigenvalue weighted by Crippen LogP contribution is -2.35. The lowest BCUT2D eigenvalue weighted by Gasteiger charge is -2.26. The molecule has 1 heterocycles. The Morgan fingerprint density at radius 2 is 1.65 bits per heavy atom. The van der Waals surface area contributed by atoms with E-state index in [2.05, 4.69) is 5.32 Å². The molecule has 31 heavy (non-hydrogen) atoms. The number of fused-ring (bicyclic) bond motifs is 1. The molecule has 1 saturated heterocycles. The van der Waals surface area contributed by atoms with Crippen molar-refractivity contribution in [3.63, 3.8) is 0 Å². The minimum Gasteiger partial charge on any atom is -0.326 e. The van der Waals surface area contributed by atoms with Gasteiger partial charge in [-0.05, 0) is 67.5 Å². The van der Waals surface area contributed by atoms with Crippen LogP contribution >= 0.6 is 0 Å². The molecule has 1 amide bonds. The Morgan fingerprint density at radius 1 is 0.871 bits per heavy atom. The van der Waals surface area contributed by atoms with E-state index in [9.17, 15) is 18.0 Å². The molecule has 2 aliphatic rings. The second-order valence-corrected chi connectivity index (χ2v) is 10.2. The number of nitrogens with one attached hydrogen (secondary N) is 1. The van der Waals surface area contributed by atoms with Crippen LogP contribution in [0.1, 0.15) is 60.0 Å². The van der Waals surface area contributed by atoms with Crippen molar-refractivity contribution in [3.8, 4) is 0 Å². The first-order valence-electron chi connectivity index (χ1n) is 11.0. The number of carbonyl (C=O) groups is 2. The van der Waals surface area contributed by atoms with E-state index in [1.807, 2.05) is 18.2 Å². The molecule has 2 aromatic carbocycles. The Balaban J connectivity index is 1.35. The van der Waals surface area contributed by atoms with E-state index >= 15 is 0 Å². The number of benzene rings is 2. The summed E-state index contributed by atoms with van der Waals surface area (Å²) < 4.78 is 27.2. The molecule has 6 nitrogen and oxygen atoms in total. The van der Waals surface area contributed by atoms with Crippen molar-refractivity contribution in [2.45, 2.75) is 56.3 Å². The molecule has 164 valence electrons. The summed E-state index contributed by atoms with van der Waals surface area (Å²) >= 11 is 0. The van der Waals surface area contributed by atoms with Gasteiger partial charge in [0.2, 0.25) is 15.9 Å². The van der Waals surface area contributed by atoms with Crippen molar-refractivity contribution in [2.24, 2.45) is 0 Å². The maximum Gasteiger partial charge on any atom is 0.243 e. The molecule has 1 aliphatic carbocycles. The maximum absolute atomic E-state index is 12.8. The quantitative estimate of drug-likeness (QED) is 0.661. The Labute approximate surface area is 183 Å². The van der Waals surface area contributed by atoms with E-state index in [-0.39, 0.29) is 29.4 Å². The van der Waals surface area contributed by atoms with Crippen LogP contribution in [-0.2, 0) is 27.7 Å². The van der Waals surface area contributed by atoms with E-state index in [0.717, 1.165) is 38.5 Å². The molecule has 0 bridgehead atoms. The monoisotopic (exact) mass is 440 g/mol. The number of piperidine rings is 1. The zero-order chi connectivity index (χ0) is 21.8. The number of carbonyl (C=O) groups excluding carboxylic acids is 2. The third-order valence-corrected chi connectivity index (χ3v) is 7.96. The molecular formula is C24H28N2O4S. The second-order valence-electron chi connectivity index (χ2n) is 8.30. The summed E-state index contributed by atoms with van der Waals surface area (Å²) in [6.07, 6.45) is 6.16. The Morgan fingerprint density at radius 3 is 2.45 bits per heavy atom. The van der Waals surface area contributed by atoms with Gasteiger partial charge in [-0.2, -0.15) is 4.31 Å². The molecule has 1 fully saturated rings. The zero-order valence-electron chi connectivity index (χ0n) is 17.6. The molecule has 1 aliphatic heterocycles. The fraction of sp³-hybridized carbons (Fsp3) is 0.417. The van der Waals surface area contributed by atoms with Gasteiger partial charge in [0.05, 0.1) is 4.90 Å². The standard InChI is InChI=1S/C24H28N2O4S/c27-23(20-11-10-18-6-4-7-19(18)16-20)12-13-24(28)25-21-8-5-9-22(17-21)31(29,30)26-14-2-1-3-15-26/h5,8-11,16-17H,1-4,6-7,12-15H2,(H,25,28). The number of amides is 1. The predicted molar refractivity (Wildman–Crippen MR) is 120 cm³/mol. The summed E-state index contributed by atoms with van der Waals surface area (Å²) in [5.74, 6) is -0.353. The number of rotatable bonds is 7. The van der Waals surface area contributed by atoms with Crippen LogP contribution in [0.15, 0.2) is 47.4 Å². The van der Waals surface area contributed by atoms with E-state index in [1.54, 1.807) is 18.2 Å². The minimum absolute atomic E-state index is 0.0497. The third-order valence-electron chi connectivity index (χ3n) is 6.07. The van der Waals surface area contributed by atoms with Gasteiger partial charge >= 0.3 is 0 Å². The Hall–Kier alpha value is -2.51. The van der Waals surface area contributed by atoms with Gasteiger partial charge < -0.3 is 5.32 Å². The highest BCUT2D eigenvalue weighted by molar-refractivity contribution is 7.89. The van der Waals surface area contributed by atoms with E-state index in [0.29, 0.717) is 24.3 Å². The topological polar surface area (TPSA) is 83.5 Å². The van der Waals surface area contributed by atoms with E-state index < -0.39 is 10.0 Å². The number of aryl methyl sites for hydroxylation is 2. The lowest BCUT2D eigenvalue weighted by molar-refractivity contribution is -0.116. The first-order chi connectivity index (χ1) is 14.9. The number of hydrogen-bond acceptors (Lipinski definition) is 4. The van der Waals surface area contributed by atoms with E-state index in [4.69, 9.17) is 0 Å². The molecule has 4 rings (SSSR count). The Kier molecular flexibility index (Phi) is 6.53. The van der Waals surface area contributed by atoms with Crippen LogP contribution in [0.5, 0.6) is 0 Å². The largest absolute Gasteiger partial charge is 0.326 e. The number of hydrogen-bond donors (Lipinski definition) is 1. The van der Waals surface area contributed by atoms with Gasteiger partial charge in [0.25, 0.3) is 0 Å². The third kappa shape index (κ3) is 5.05. The highest BCUT2D eigenvalue weighted by atomic mass is 32.2. The highest BCUT2D eigenvalue weighted by Crippen LogP contribution is 2.24. The number of anilines is 1. The number of Topliss-reactive ketones (excluding diaryl/α,β-unsaturated/α-hetero) is 1. The van der Waals surface area contributed by atoms with Gasteiger partial charge in [0.1, 0.15) is 0 Å². The van der Waals surface area contributed by atoms with Gasteiger partial charge in [-0.25, -0.2) is 8.42 Å². The summed E-state index contributed by atoms with van der Waals surface area (Å²) in [6, 6.07) is 12.2. The molecule has 0 saturated carbocycles. The number of nitrogens with zero attached hydrogens (tertiary/aromatic N) is 1. The fourth-order valence-corrected chi connectivity index (χ4v) is 5.89. The van der Waals surface area contributed by atoms with Crippen LogP contribution in [0.3, 0.4) is 0 Å². The highest BCUT2D eigenvalue weighted by Gasteiger charge is 2.26. The molecule has 1 N–H and O–H groups in total. The zero-order valence-corrected chi connectivity index (χ0v) is 18.4. The first-order valence-corrected chi connectivity index (χ1v) is 12.4. The maximum atomic E-state index is 12.8. The summed E-state index contributed by atoms with van der Waals surface area (Å²) in [5, 5.41) is 2.73. The van der Waals surface area contributed by atoms with Crippen molar-refractivity contribution in [2.75, 3.05) is 18.4 Å². The molecule has 0 spiro atoms. The summed E-state index contributed by atoms with van der Waals surface area (Å²) in [4.78, 5) is 25.1. The summed E-state index contributed by atoms with van der Waals surface area (Å²) in [7, 11) is -3.56. The van der Waals surface area contributed by atoms with Crippen LogP contribution < -0.4 is 5.32 Å². The van der Waals surface area contributed by atoms with Crippen molar-refractivity contribution < 1.29 is 18.0 Å².